The Bertz CT molecular complexity index is 1020. The first kappa shape index (κ1) is 22.3. The Labute approximate surface area is 191 Å². The Hall–Kier alpha value is -2.38. The van der Waals surface area contributed by atoms with Gasteiger partial charge in [0.2, 0.25) is 0 Å². The predicted molar refractivity (Wildman–Crippen MR) is 119 cm³/mol. The molecule has 6 nitrogen and oxygen atoms in total. The van der Waals surface area contributed by atoms with Gasteiger partial charge in [-0.1, -0.05) is 46.4 Å². The molecule has 0 amide bonds. The van der Waals surface area contributed by atoms with Crippen molar-refractivity contribution in [3.8, 4) is 0 Å². The van der Waals surface area contributed by atoms with Crippen LogP contribution in [0.2, 0.25) is 20.1 Å². The van der Waals surface area contributed by atoms with Gasteiger partial charge in [0.15, 0.2) is 0 Å². The second kappa shape index (κ2) is 9.18. The van der Waals surface area contributed by atoms with Crippen LogP contribution in [0.3, 0.4) is 0 Å². The van der Waals surface area contributed by atoms with Gasteiger partial charge in [-0.25, -0.2) is 9.59 Å². The summed E-state index contributed by atoms with van der Waals surface area (Å²) >= 11 is 24.1. The summed E-state index contributed by atoms with van der Waals surface area (Å²) in [7, 11) is 0. The van der Waals surface area contributed by atoms with Crippen molar-refractivity contribution in [3.63, 3.8) is 0 Å². The Kier molecular flexibility index (Phi) is 6.83. The fourth-order valence-electron chi connectivity index (χ4n) is 2.94. The van der Waals surface area contributed by atoms with Crippen molar-refractivity contribution >= 4 is 69.7 Å². The largest absolute Gasteiger partial charge is 0.478 e. The molecule has 0 fully saturated rings. The molecule has 0 radical (unpaired) electrons. The molecule has 10 heteroatoms. The summed E-state index contributed by atoms with van der Waals surface area (Å²) in [6.45, 7) is 0. The molecule has 0 aromatic heterocycles. The van der Waals surface area contributed by atoms with Crippen LogP contribution in [0.5, 0.6) is 0 Å². The van der Waals surface area contributed by atoms with Crippen LogP contribution in [0.15, 0.2) is 58.9 Å². The van der Waals surface area contributed by atoms with Gasteiger partial charge in [-0.15, -0.1) is 0 Å². The average molecular weight is 488 g/mol. The number of hydrogen-bond acceptors (Lipinski definition) is 4. The standard InChI is InChI=1S/C20H14Cl4N2O4/c21-9-1-3-15(13(23)5-9)25-17-7-12(20(29)30)18(8-11(17)19(27)28)26-16-4-2-10(22)6-14(16)24/h1-6,25-26H,7-8H2,(H,27,28)(H,29,30). The zero-order valence-electron chi connectivity index (χ0n) is 15.1. The maximum absolute atomic E-state index is 11.9. The normalized spacial score (nSPS) is 14.0. The van der Waals surface area contributed by atoms with Gasteiger partial charge < -0.3 is 20.8 Å². The predicted octanol–water partition coefficient (Wildman–Crippen LogP) is 6.30. The molecule has 4 N–H and O–H groups in total. The van der Waals surface area contributed by atoms with Crippen LogP contribution in [0.4, 0.5) is 11.4 Å². The summed E-state index contributed by atoms with van der Waals surface area (Å²) < 4.78 is 0. The zero-order chi connectivity index (χ0) is 22.0. The van der Waals surface area contributed by atoms with Gasteiger partial charge >= 0.3 is 11.9 Å². The van der Waals surface area contributed by atoms with Crippen LogP contribution >= 0.6 is 46.4 Å². The fourth-order valence-corrected chi connectivity index (χ4v) is 3.85. The molecule has 1 aliphatic carbocycles. The van der Waals surface area contributed by atoms with Gasteiger partial charge in [-0.2, -0.15) is 0 Å². The number of carboxylic acids is 2. The van der Waals surface area contributed by atoms with Crippen LogP contribution in [-0.2, 0) is 9.59 Å². The molecule has 156 valence electrons. The summed E-state index contributed by atoms with van der Waals surface area (Å²) in [6.07, 6.45) is -0.326. The number of aliphatic carboxylic acids is 2. The van der Waals surface area contributed by atoms with E-state index in [0.29, 0.717) is 21.4 Å². The summed E-state index contributed by atoms with van der Waals surface area (Å²) in [6, 6.07) is 9.34. The van der Waals surface area contributed by atoms with Crippen LogP contribution in [-0.4, -0.2) is 22.2 Å². The number of hydrogen-bond donors (Lipinski definition) is 4. The van der Waals surface area contributed by atoms with Crippen molar-refractivity contribution in [1.82, 2.24) is 0 Å². The number of allylic oxidation sites excluding steroid dienone is 2. The molecule has 0 aliphatic heterocycles. The summed E-state index contributed by atoms with van der Waals surface area (Å²) in [5, 5.41) is 26.7. The number of anilines is 2. The van der Waals surface area contributed by atoms with Crippen LogP contribution < -0.4 is 10.6 Å². The third-order valence-corrected chi connectivity index (χ3v) is 5.48. The summed E-state index contributed by atoms with van der Waals surface area (Å²) in [5.74, 6) is -2.37. The van der Waals surface area contributed by atoms with Crippen molar-refractivity contribution in [2.45, 2.75) is 12.8 Å². The van der Waals surface area contributed by atoms with E-state index in [1.165, 1.54) is 12.1 Å². The molecule has 0 saturated carbocycles. The van der Waals surface area contributed by atoms with Gasteiger partial charge in [-0.3, -0.25) is 0 Å². The number of carboxylic acid groups (broad SMARTS) is 2. The second-order valence-electron chi connectivity index (χ2n) is 6.38. The monoisotopic (exact) mass is 486 g/mol. The molecular weight excluding hydrogens is 474 g/mol. The van der Waals surface area contributed by atoms with Gasteiger partial charge in [0, 0.05) is 34.3 Å². The van der Waals surface area contributed by atoms with Crippen molar-refractivity contribution in [3.05, 3.63) is 79.0 Å². The summed E-state index contributed by atoms with van der Waals surface area (Å²) in [4.78, 5) is 23.8. The lowest BCUT2D eigenvalue weighted by Gasteiger charge is -2.25. The van der Waals surface area contributed by atoms with E-state index in [4.69, 9.17) is 46.4 Å². The molecule has 0 atom stereocenters. The molecule has 0 bridgehead atoms. The van der Waals surface area contributed by atoms with E-state index in [-0.39, 0.29) is 45.4 Å². The van der Waals surface area contributed by atoms with Crippen molar-refractivity contribution < 1.29 is 19.8 Å². The van der Waals surface area contributed by atoms with Gasteiger partial charge in [0.05, 0.1) is 32.6 Å². The maximum atomic E-state index is 11.9. The molecule has 2 aromatic carbocycles. The van der Waals surface area contributed by atoms with E-state index in [1.807, 2.05) is 0 Å². The minimum atomic E-state index is -1.19. The lowest BCUT2D eigenvalue weighted by molar-refractivity contribution is -0.134. The van der Waals surface area contributed by atoms with E-state index in [2.05, 4.69) is 10.6 Å². The fraction of sp³-hybridized carbons (Fsp3) is 0.100. The quantitative estimate of drug-likeness (QED) is 0.381. The van der Waals surface area contributed by atoms with E-state index >= 15 is 0 Å². The second-order valence-corrected chi connectivity index (χ2v) is 8.06. The zero-order valence-corrected chi connectivity index (χ0v) is 18.1. The average Bonchev–Trinajstić information content (AvgIpc) is 2.66. The molecular formula is C20H14Cl4N2O4. The SMILES string of the molecule is O=C(O)C1=C(Nc2ccc(Cl)cc2Cl)CC(C(=O)O)=C(Nc2ccc(Cl)cc2Cl)C1. The maximum Gasteiger partial charge on any atom is 0.333 e. The minimum Gasteiger partial charge on any atom is -0.478 e. The highest BCUT2D eigenvalue weighted by atomic mass is 35.5. The van der Waals surface area contributed by atoms with E-state index in [0.717, 1.165) is 0 Å². The number of halogens is 4. The third kappa shape index (κ3) is 5.02. The number of benzene rings is 2. The van der Waals surface area contributed by atoms with Crippen LogP contribution in [0.1, 0.15) is 12.8 Å². The number of nitrogens with one attached hydrogen (secondary N) is 2. The smallest absolute Gasteiger partial charge is 0.333 e. The Balaban J connectivity index is 1.97. The number of carbonyl (C=O) groups is 2. The topological polar surface area (TPSA) is 98.7 Å². The molecule has 3 rings (SSSR count). The van der Waals surface area contributed by atoms with Gasteiger partial charge in [-0.05, 0) is 36.4 Å². The van der Waals surface area contributed by atoms with E-state index in [9.17, 15) is 19.8 Å². The van der Waals surface area contributed by atoms with Gasteiger partial charge in [0.1, 0.15) is 0 Å². The van der Waals surface area contributed by atoms with E-state index in [1.54, 1.807) is 24.3 Å². The highest BCUT2D eigenvalue weighted by Gasteiger charge is 2.29. The summed E-state index contributed by atoms with van der Waals surface area (Å²) in [5.41, 5.74) is 1.26. The molecule has 0 heterocycles. The number of rotatable bonds is 6. The van der Waals surface area contributed by atoms with Crippen LogP contribution in [0.25, 0.3) is 0 Å². The first-order chi connectivity index (χ1) is 14.2. The lowest BCUT2D eigenvalue weighted by Crippen LogP contribution is -2.23. The Morgan fingerprint density at radius 1 is 0.700 bits per heavy atom. The molecule has 0 unspecified atom stereocenters. The third-order valence-electron chi connectivity index (χ3n) is 4.39. The van der Waals surface area contributed by atoms with Gasteiger partial charge in [0.25, 0.3) is 0 Å². The van der Waals surface area contributed by atoms with Crippen molar-refractivity contribution in [1.29, 1.82) is 0 Å². The highest BCUT2D eigenvalue weighted by Crippen LogP contribution is 2.36. The molecule has 0 spiro atoms. The van der Waals surface area contributed by atoms with Crippen molar-refractivity contribution in [2.75, 3.05) is 10.6 Å². The van der Waals surface area contributed by atoms with Crippen molar-refractivity contribution in [2.24, 2.45) is 0 Å². The molecule has 0 saturated heterocycles. The molecule has 2 aromatic rings. The first-order valence-corrected chi connectivity index (χ1v) is 10.0. The lowest BCUT2D eigenvalue weighted by atomic mass is 9.92. The van der Waals surface area contributed by atoms with Crippen LogP contribution in [0, 0.1) is 0 Å². The molecule has 1 aliphatic rings. The highest BCUT2D eigenvalue weighted by molar-refractivity contribution is 6.37. The Morgan fingerprint density at radius 3 is 1.37 bits per heavy atom. The minimum absolute atomic E-state index is 0.00129. The molecule has 30 heavy (non-hydrogen) atoms. The first-order valence-electron chi connectivity index (χ1n) is 8.50. The Morgan fingerprint density at radius 2 is 1.07 bits per heavy atom. The van der Waals surface area contributed by atoms with E-state index < -0.39 is 11.9 Å².